The number of esters is 1. The summed E-state index contributed by atoms with van der Waals surface area (Å²) in [6.07, 6.45) is 7.34. The Morgan fingerprint density at radius 2 is 1.97 bits per heavy atom. The summed E-state index contributed by atoms with van der Waals surface area (Å²) in [6, 6.07) is 5.34. The molecule has 0 amide bonds. The van der Waals surface area contributed by atoms with Gasteiger partial charge in [0.15, 0.2) is 4.90 Å². The van der Waals surface area contributed by atoms with E-state index in [4.69, 9.17) is 4.74 Å². The van der Waals surface area contributed by atoms with Crippen LogP contribution in [-0.4, -0.2) is 67.3 Å². The number of para-hydroxylation sites is 1. The molecule has 4 rings (SSSR count). The molecule has 0 spiro atoms. The van der Waals surface area contributed by atoms with Gasteiger partial charge in [-0.15, -0.1) is 0 Å². The smallest absolute Gasteiger partial charge is 0.309 e. The van der Waals surface area contributed by atoms with Crippen LogP contribution in [0.1, 0.15) is 32.1 Å². The Morgan fingerprint density at radius 1 is 1.25 bits per heavy atom. The summed E-state index contributed by atoms with van der Waals surface area (Å²) in [6.45, 7) is 2.36. The van der Waals surface area contributed by atoms with Gasteiger partial charge in [0.2, 0.25) is 10.0 Å². The number of methoxy groups -OCH3 is 1. The SMILES string of the molecule is COC(=O)C/C=C\[C@@H]1[C@H]2CCCN3CCC[C@@H](CN1S(=O)(=O)c1ccccc1[N+](=O)[O-])[C@@H]23. The molecule has 3 aliphatic rings. The van der Waals surface area contributed by atoms with E-state index in [2.05, 4.69) is 4.90 Å². The van der Waals surface area contributed by atoms with Crippen molar-refractivity contribution < 1.29 is 22.9 Å². The van der Waals surface area contributed by atoms with Gasteiger partial charge in [0, 0.05) is 24.7 Å². The van der Waals surface area contributed by atoms with Crippen LogP contribution in [0.25, 0.3) is 0 Å². The van der Waals surface area contributed by atoms with Gasteiger partial charge in [-0.25, -0.2) is 8.42 Å². The minimum Gasteiger partial charge on any atom is -0.469 e. The first-order valence-electron chi connectivity index (χ1n) is 11.1. The molecule has 0 aliphatic carbocycles. The van der Waals surface area contributed by atoms with Crippen molar-refractivity contribution in [3.8, 4) is 0 Å². The first kappa shape index (κ1) is 22.9. The molecule has 0 bridgehead atoms. The minimum absolute atomic E-state index is 0.0525. The van der Waals surface area contributed by atoms with Gasteiger partial charge >= 0.3 is 5.97 Å². The molecular formula is C22H29N3O6S. The van der Waals surface area contributed by atoms with Crippen molar-refractivity contribution >= 4 is 21.7 Å². The van der Waals surface area contributed by atoms with Gasteiger partial charge in [-0.1, -0.05) is 24.3 Å². The Kier molecular flexibility index (Phi) is 6.64. The second-order valence-electron chi connectivity index (χ2n) is 8.73. The summed E-state index contributed by atoms with van der Waals surface area (Å²) in [4.78, 5) is 24.7. The summed E-state index contributed by atoms with van der Waals surface area (Å²) >= 11 is 0. The molecule has 0 radical (unpaired) electrons. The normalized spacial score (nSPS) is 28.9. The zero-order valence-corrected chi connectivity index (χ0v) is 18.9. The third kappa shape index (κ3) is 4.18. The number of ether oxygens (including phenoxy) is 1. The highest BCUT2D eigenvalue weighted by Gasteiger charge is 2.51. The molecule has 0 N–H and O–H groups in total. The van der Waals surface area contributed by atoms with Crippen LogP contribution in [0.5, 0.6) is 0 Å². The van der Waals surface area contributed by atoms with Crippen molar-refractivity contribution in [2.45, 2.75) is 49.1 Å². The number of carbonyl (C=O) groups is 1. The molecule has 9 nitrogen and oxygen atoms in total. The number of hydrogen-bond acceptors (Lipinski definition) is 7. The number of sulfonamides is 1. The second-order valence-corrected chi connectivity index (χ2v) is 10.6. The summed E-state index contributed by atoms with van der Waals surface area (Å²) in [7, 11) is -2.81. The monoisotopic (exact) mass is 463 g/mol. The van der Waals surface area contributed by atoms with E-state index in [1.807, 2.05) is 0 Å². The van der Waals surface area contributed by atoms with Gasteiger partial charge in [-0.3, -0.25) is 19.8 Å². The predicted octanol–water partition coefficient (Wildman–Crippen LogP) is 2.58. The Balaban J connectivity index is 1.75. The first-order valence-corrected chi connectivity index (χ1v) is 12.5. The Hall–Kier alpha value is -2.30. The topological polar surface area (TPSA) is 110 Å². The maximum Gasteiger partial charge on any atom is 0.309 e. The first-order chi connectivity index (χ1) is 15.3. The van der Waals surface area contributed by atoms with E-state index in [0.717, 1.165) is 38.8 Å². The highest BCUT2D eigenvalue weighted by molar-refractivity contribution is 7.89. The fourth-order valence-corrected chi connectivity index (χ4v) is 7.58. The largest absolute Gasteiger partial charge is 0.469 e. The molecule has 3 saturated heterocycles. The maximum atomic E-state index is 13.8. The lowest BCUT2D eigenvalue weighted by molar-refractivity contribution is -0.387. The quantitative estimate of drug-likeness (QED) is 0.276. The second kappa shape index (κ2) is 9.29. The van der Waals surface area contributed by atoms with E-state index in [1.165, 1.54) is 35.7 Å². The molecule has 1 aromatic carbocycles. The molecule has 1 aromatic rings. The van der Waals surface area contributed by atoms with E-state index in [-0.39, 0.29) is 23.2 Å². The van der Waals surface area contributed by atoms with Crippen LogP contribution in [0, 0.1) is 22.0 Å². The van der Waals surface area contributed by atoms with Crippen molar-refractivity contribution in [1.82, 2.24) is 9.21 Å². The zero-order valence-electron chi connectivity index (χ0n) is 18.1. The highest BCUT2D eigenvalue weighted by atomic mass is 32.2. The van der Waals surface area contributed by atoms with Crippen molar-refractivity contribution in [2.75, 3.05) is 26.7 Å². The van der Waals surface area contributed by atoms with Gasteiger partial charge < -0.3 is 4.74 Å². The standard InChI is InChI=1S/C22H29N3O6S/c1-31-21(26)12-4-10-18-17-8-6-14-23-13-5-7-16(22(17)23)15-24(18)32(29,30)20-11-3-2-9-19(20)25(27)28/h2-4,9-11,16-18,22H,5-8,12-15H2,1H3/b10-4-/t16-,17+,18+,22-/m0/s1. The Morgan fingerprint density at radius 3 is 2.69 bits per heavy atom. The van der Waals surface area contributed by atoms with Gasteiger partial charge in [-0.2, -0.15) is 4.31 Å². The van der Waals surface area contributed by atoms with Gasteiger partial charge in [0.25, 0.3) is 5.69 Å². The number of rotatable bonds is 6. The van der Waals surface area contributed by atoms with E-state index in [9.17, 15) is 23.3 Å². The van der Waals surface area contributed by atoms with E-state index in [0.29, 0.717) is 12.6 Å². The van der Waals surface area contributed by atoms with E-state index in [1.54, 1.807) is 12.2 Å². The molecule has 3 heterocycles. The lowest BCUT2D eigenvalue weighted by Gasteiger charge is -2.56. The van der Waals surface area contributed by atoms with Gasteiger partial charge in [0.05, 0.1) is 18.5 Å². The van der Waals surface area contributed by atoms with Crippen LogP contribution >= 0.6 is 0 Å². The summed E-state index contributed by atoms with van der Waals surface area (Å²) in [5, 5.41) is 11.6. The van der Waals surface area contributed by atoms with Crippen LogP contribution in [0.4, 0.5) is 5.69 Å². The van der Waals surface area contributed by atoms with Gasteiger partial charge in [-0.05, 0) is 56.7 Å². The maximum absolute atomic E-state index is 13.8. The van der Waals surface area contributed by atoms with Crippen LogP contribution in [-0.2, 0) is 19.6 Å². The zero-order chi connectivity index (χ0) is 22.9. The molecule has 0 aromatic heterocycles. The number of nitrogens with zero attached hydrogens (tertiary/aromatic N) is 3. The van der Waals surface area contributed by atoms with Crippen molar-refractivity contribution in [3.63, 3.8) is 0 Å². The van der Waals surface area contributed by atoms with E-state index < -0.39 is 32.6 Å². The fraction of sp³-hybridized carbons (Fsp3) is 0.591. The molecule has 3 fully saturated rings. The minimum atomic E-state index is -4.12. The van der Waals surface area contributed by atoms with Gasteiger partial charge in [0.1, 0.15) is 0 Å². The Labute approximate surface area is 188 Å². The molecule has 3 aliphatic heterocycles. The molecule has 32 heavy (non-hydrogen) atoms. The van der Waals surface area contributed by atoms with Crippen molar-refractivity contribution in [1.29, 1.82) is 0 Å². The van der Waals surface area contributed by atoms with Crippen LogP contribution in [0.3, 0.4) is 0 Å². The summed E-state index contributed by atoms with van der Waals surface area (Å²) < 4.78 is 33.7. The number of nitro benzene ring substituents is 1. The number of hydrogen-bond donors (Lipinski definition) is 0. The predicted molar refractivity (Wildman–Crippen MR) is 117 cm³/mol. The van der Waals surface area contributed by atoms with Crippen LogP contribution in [0.15, 0.2) is 41.3 Å². The summed E-state index contributed by atoms with van der Waals surface area (Å²) in [5.41, 5.74) is -0.416. The van der Waals surface area contributed by atoms with Crippen molar-refractivity contribution in [3.05, 3.63) is 46.5 Å². The molecular weight excluding hydrogens is 434 g/mol. The molecule has 0 unspecified atom stereocenters. The third-order valence-corrected chi connectivity index (χ3v) is 8.94. The lowest BCUT2D eigenvalue weighted by Crippen LogP contribution is -2.65. The molecule has 174 valence electrons. The average Bonchev–Trinajstić information content (AvgIpc) is 2.80. The fourth-order valence-electron chi connectivity index (χ4n) is 5.73. The number of carbonyl (C=O) groups excluding carboxylic acids is 1. The number of benzene rings is 1. The summed E-state index contributed by atoms with van der Waals surface area (Å²) in [5.74, 6) is -0.128. The number of nitro groups is 1. The van der Waals surface area contributed by atoms with Crippen molar-refractivity contribution in [2.24, 2.45) is 11.8 Å². The molecule has 10 heteroatoms. The third-order valence-electron chi connectivity index (χ3n) is 7.03. The lowest BCUT2D eigenvalue weighted by atomic mass is 9.70. The molecule has 0 saturated carbocycles. The highest BCUT2D eigenvalue weighted by Crippen LogP contribution is 2.44. The van der Waals surface area contributed by atoms with Crippen LogP contribution < -0.4 is 0 Å². The Bertz CT molecular complexity index is 1010. The molecule has 4 atom stereocenters. The van der Waals surface area contributed by atoms with E-state index >= 15 is 0 Å². The van der Waals surface area contributed by atoms with Crippen LogP contribution in [0.2, 0.25) is 0 Å². The number of piperidine rings is 3. The average molecular weight is 464 g/mol.